The Labute approximate surface area is 108 Å². The Kier molecular flexibility index (Phi) is 4.20. The van der Waals surface area contributed by atoms with E-state index >= 15 is 0 Å². The van der Waals surface area contributed by atoms with Crippen molar-refractivity contribution in [2.45, 2.75) is 31.8 Å². The minimum absolute atomic E-state index is 0.156. The molecule has 1 aliphatic rings. The Morgan fingerprint density at radius 2 is 2.22 bits per heavy atom. The summed E-state index contributed by atoms with van der Waals surface area (Å²) in [4.78, 5) is 13.7. The molecule has 4 heteroatoms. The molecule has 1 heterocycles. The summed E-state index contributed by atoms with van der Waals surface area (Å²) in [5.74, 6) is -0.214. The lowest BCUT2D eigenvalue weighted by atomic mass is 9.99. The van der Waals surface area contributed by atoms with Crippen LogP contribution in [-0.4, -0.2) is 25.5 Å². The van der Waals surface area contributed by atoms with E-state index in [0.29, 0.717) is 0 Å². The van der Waals surface area contributed by atoms with Gasteiger partial charge in [0.05, 0.1) is 0 Å². The number of nitrogens with one attached hydrogen (secondary N) is 1. The van der Waals surface area contributed by atoms with E-state index in [1.54, 1.807) is 0 Å². The summed E-state index contributed by atoms with van der Waals surface area (Å²) in [6, 6.07) is 8.06. The highest BCUT2D eigenvalue weighted by Gasteiger charge is 2.28. The molecule has 0 saturated carbocycles. The van der Waals surface area contributed by atoms with E-state index in [9.17, 15) is 4.79 Å². The number of anilines is 1. The molecule has 1 unspecified atom stereocenters. The second kappa shape index (κ2) is 5.87. The van der Waals surface area contributed by atoms with Gasteiger partial charge in [-0.25, -0.2) is 0 Å². The Morgan fingerprint density at radius 1 is 1.44 bits per heavy atom. The molecule has 2 rings (SSSR count). The van der Waals surface area contributed by atoms with Crippen LogP contribution in [0.4, 0.5) is 5.69 Å². The Bertz CT molecular complexity index is 419. The molecular weight excluding hydrogens is 226 g/mol. The quantitative estimate of drug-likeness (QED) is 0.842. The van der Waals surface area contributed by atoms with Gasteiger partial charge in [0.15, 0.2) is 0 Å². The van der Waals surface area contributed by atoms with E-state index in [2.05, 4.69) is 22.3 Å². The summed E-state index contributed by atoms with van der Waals surface area (Å²) >= 11 is 0. The predicted octanol–water partition coefficient (Wildman–Crippen LogP) is 1.25. The maximum absolute atomic E-state index is 11.6. The average Bonchev–Trinajstić information content (AvgIpc) is 2.40. The monoisotopic (exact) mass is 247 g/mol. The Hall–Kier alpha value is -1.55. The molecule has 0 bridgehead atoms. The average molecular weight is 247 g/mol. The number of hydrogen-bond donors (Lipinski definition) is 2. The largest absolute Gasteiger partial charge is 0.368 e. The SMILES string of the molecule is CNCc1ccccc1N1CCCCC1C(N)=O. The minimum Gasteiger partial charge on any atom is -0.368 e. The molecule has 1 aliphatic heterocycles. The first-order valence-corrected chi connectivity index (χ1v) is 6.52. The first-order chi connectivity index (χ1) is 8.74. The number of carbonyl (C=O) groups excluding carboxylic acids is 1. The lowest BCUT2D eigenvalue weighted by Gasteiger charge is -2.36. The first-order valence-electron chi connectivity index (χ1n) is 6.52. The Morgan fingerprint density at radius 3 is 2.94 bits per heavy atom. The molecule has 0 spiro atoms. The number of amides is 1. The van der Waals surface area contributed by atoms with Crippen LogP contribution in [0.25, 0.3) is 0 Å². The molecule has 1 amide bonds. The van der Waals surface area contributed by atoms with Crippen LogP contribution in [0.15, 0.2) is 24.3 Å². The zero-order valence-electron chi connectivity index (χ0n) is 10.9. The molecule has 1 aromatic carbocycles. The third kappa shape index (κ3) is 2.64. The molecule has 0 aliphatic carbocycles. The third-order valence-electron chi connectivity index (χ3n) is 3.50. The fourth-order valence-electron chi connectivity index (χ4n) is 2.65. The zero-order chi connectivity index (χ0) is 13.0. The van der Waals surface area contributed by atoms with Crippen LogP contribution in [0.3, 0.4) is 0 Å². The number of benzene rings is 1. The standard InChI is InChI=1S/C14H21N3O/c1-16-10-11-6-2-3-7-12(11)17-9-5-4-8-13(17)14(15)18/h2-3,6-7,13,16H,4-5,8-10H2,1H3,(H2,15,18). The topological polar surface area (TPSA) is 58.4 Å². The molecule has 1 aromatic rings. The number of nitrogens with two attached hydrogens (primary N) is 1. The number of primary amides is 1. The number of carbonyl (C=O) groups is 1. The summed E-state index contributed by atoms with van der Waals surface area (Å²) in [5.41, 5.74) is 7.87. The molecule has 3 N–H and O–H groups in total. The van der Waals surface area contributed by atoms with Gasteiger partial charge in [0.2, 0.25) is 5.91 Å². The summed E-state index contributed by atoms with van der Waals surface area (Å²) in [7, 11) is 1.93. The van der Waals surface area contributed by atoms with Crippen molar-refractivity contribution in [3.63, 3.8) is 0 Å². The van der Waals surface area contributed by atoms with Gasteiger partial charge in [0, 0.05) is 18.8 Å². The number of rotatable bonds is 4. The van der Waals surface area contributed by atoms with Crippen LogP contribution in [-0.2, 0) is 11.3 Å². The van der Waals surface area contributed by atoms with E-state index in [4.69, 9.17) is 5.73 Å². The molecule has 1 atom stereocenters. The minimum atomic E-state index is -0.214. The van der Waals surface area contributed by atoms with Gasteiger partial charge in [0.25, 0.3) is 0 Å². The van der Waals surface area contributed by atoms with Crippen molar-refractivity contribution in [1.82, 2.24) is 5.32 Å². The van der Waals surface area contributed by atoms with Gasteiger partial charge in [0.1, 0.15) is 6.04 Å². The van der Waals surface area contributed by atoms with Gasteiger partial charge in [-0.1, -0.05) is 18.2 Å². The van der Waals surface area contributed by atoms with Crippen molar-refractivity contribution in [1.29, 1.82) is 0 Å². The molecular formula is C14H21N3O. The molecule has 0 aromatic heterocycles. The molecule has 4 nitrogen and oxygen atoms in total. The maximum atomic E-state index is 11.6. The maximum Gasteiger partial charge on any atom is 0.240 e. The van der Waals surface area contributed by atoms with Crippen LogP contribution in [0.2, 0.25) is 0 Å². The second-order valence-electron chi connectivity index (χ2n) is 4.77. The van der Waals surface area contributed by atoms with Crippen molar-refractivity contribution in [3.8, 4) is 0 Å². The zero-order valence-corrected chi connectivity index (χ0v) is 10.9. The van der Waals surface area contributed by atoms with E-state index in [-0.39, 0.29) is 11.9 Å². The molecule has 0 radical (unpaired) electrons. The van der Waals surface area contributed by atoms with Crippen molar-refractivity contribution in [2.24, 2.45) is 5.73 Å². The molecule has 1 saturated heterocycles. The van der Waals surface area contributed by atoms with Crippen molar-refractivity contribution >= 4 is 11.6 Å². The lowest BCUT2D eigenvalue weighted by molar-refractivity contribution is -0.119. The smallest absolute Gasteiger partial charge is 0.240 e. The highest BCUT2D eigenvalue weighted by molar-refractivity contribution is 5.84. The van der Waals surface area contributed by atoms with Crippen molar-refractivity contribution in [3.05, 3.63) is 29.8 Å². The summed E-state index contributed by atoms with van der Waals surface area (Å²) in [6.45, 7) is 1.71. The van der Waals surface area contributed by atoms with Gasteiger partial charge in [-0.3, -0.25) is 4.79 Å². The fraction of sp³-hybridized carbons (Fsp3) is 0.500. The number of para-hydroxylation sites is 1. The highest BCUT2D eigenvalue weighted by atomic mass is 16.1. The van der Waals surface area contributed by atoms with Crippen LogP contribution >= 0.6 is 0 Å². The predicted molar refractivity (Wildman–Crippen MR) is 73.4 cm³/mol. The Balaban J connectivity index is 2.30. The van der Waals surface area contributed by atoms with Gasteiger partial charge < -0.3 is 16.0 Å². The van der Waals surface area contributed by atoms with Crippen LogP contribution < -0.4 is 16.0 Å². The van der Waals surface area contributed by atoms with Crippen LogP contribution in [0, 0.1) is 0 Å². The lowest BCUT2D eigenvalue weighted by Crippen LogP contribution is -2.48. The highest BCUT2D eigenvalue weighted by Crippen LogP contribution is 2.27. The fourth-order valence-corrected chi connectivity index (χ4v) is 2.65. The second-order valence-corrected chi connectivity index (χ2v) is 4.77. The van der Waals surface area contributed by atoms with Crippen LogP contribution in [0.5, 0.6) is 0 Å². The summed E-state index contributed by atoms with van der Waals surface area (Å²) in [6.07, 6.45) is 3.07. The van der Waals surface area contributed by atoms with Crippen LogP contribution in [0.1, 0.15) is 24.8 Å². The van der Waals surface area contributed by atoms with E-state index in [0.717, 1.165) is 38.0 Å². The molecule has 98 valence electrons. The van der Waals surface area contributed by atoms with Gasteiger partial charge >= 0.3 is 0 Å². The number of hydrogen-bond acceptors (Lipinski definition) is 3. The third-order valence-corrected chi connectivity index (χ3v) is 3.50. The van der Waals surface area contributed by atoms with Crippen molar-refractivity contribution < 1.29 is 4.79 Å². The van der Waals surface area contributed by atoms with Gasteiger partial charge in [-0.2, -0.15) is 0 Å². The number of nitrogens with zero attached hydrogens (tertiary/aromatic N) is 1. The van der Waals surface area contributed by atoms with Crippen molar-refractivity contribution in [2.75, 3.05) is 18.5 Å². The van der Waals surface area contributed by atoms with E-state index in [1.807, 2.05) is 19.2 Å². The number of piperidine rings is 1. The van der Waals surface area contributed by atoms with E-state index in [1.165, 1.54) is 5.56 Å². The molecule has 1 fully saturated rings. The summed E-state index contributed by atoms with van der Waals surface area (Å²) in [5, 5.41) is 3.16. The van der Waals surface area contributed by atoms with E-state index < -0.39 is 0 Å². The van der Waals surface area contributed by atoms with Gasteiger partial charge in [-0.15, -0.1) is 0 Å². The van der Waals surface area contributed by atoms with Gasteiger partial charge in [-0.05, 0) is 37.9 Å². The first kappa shape index (κ1) is 12.9. The molecule has 18 heavy (non-hydrogen) atoms. The summed E-state index contributed by atoms with van der Waals surface area (Å²) < 4.78 is 0. The normalized spacial score (nSPS) is 19.8.